The molecule has 3 rings (SSSR count). The zero-order valence-corrected chi connectivity index (χ0v) is 14.3. The molecular formula is C20H25N3O2. The number of amides is 1. The predicted octanol–water partition coefficient (Wildman–Crippen LogP) is 3.93. The molecule has 1 atom stereocenters. The Labute approximate surface area is 148 Å². The molecule has 0 bridgehead atoms. The number of anilines is 1. The number of rotatable bonds is 6. The first-order valence-corrected chi connectivity index (χ1v) is 8.91. The van der Waals surface area contributed by atoms with Crippen LogP contribution in [0.3, 0.4) is 0 Å². The highest BCUT2D eigenvalue weighted by molar-refractivity contribution is 5.65. The summed E-state index contributed by atoms with van der Waals surface area (Å²) in [5.41, 5.74) is 1.18. The lowest BCUT2D eigenvalue weighted by Crippen LogP contribution is -2.43. The van der Waals surface area contributed by atoms with Gasteiger partial charge in [-0.1, -0.05) is 36.4 Å². The van der Waals surface area contributed by atoms with Gasteiger partial charge in [0.15, 0.2) is 0 Å². The van der Waals surface area contributed by atoms with Crippen LogP contribution in [0.1, 0.15) is 31.2 Å². The molecule has 0 aliphatic heterocycles. The number of hydrogen-bond donors (Lipinski definition) is 3. The van der Waals surface area contributed by atoms with E-state index in [-0.39, 0.29) is 6.04 Å². The molecule has 5 heteroatoms. The van der Waals surface area contributed by atoms with Crippen LogP contribution in [0.25, 0.3) is 0 Å². The van der Waals surface area contributed by atoms with Crippen LogP contribution < -0.4 is 10.6 Å². The second kappa shape index (κ2) is 8.51. The van der Waals surface area contributed by atoms with Crippen molar-refractivity contribution in [2.75, 3.05) is 5.32 Å². The standard InChI is InChI=1S/C20H25N3O2/c24-20(25)23-18(14-15-6-2-1-3-7-15)16-9-11-17(12-10-16)22-19-8-4-5-13-21-19/h1-8,13,16-18,23H,9-12,14H2,(H,21,22)(H,24,25). The van der Waals surface area contributed by atoms with Crippen LogP contribution in [0.2, 0.25) is 0 Å². The Morgan fingerprint density at radius 1 is 1.08 bits per heavy atom. The maximum atomic E-state index is 11.2. The quantitative estimate of drug-likeness (QED) is 0.745. The summed E-state index contributed by atoms with van der Waals surface area (Å²) < 4.78 is 0. The topological polar surface area (TPSA) is 74.2 Å². The normalized spacial score (nSPS) is 21.3. The fourth-order valence-electron chi connectivity index (χ4n) is 3.69. The van der Waals surface area contributed by atoms with Gasteiger partial charge in [-0.25, -0.2) is 9.78 Å². The van der Waals surface area contributed by atoms with Gasteiger partial charge in [-0.05, 0) is 55.7 Å². The van der Waals surface area contributed by atoms with Crippen LogP contribution in [0.5, 0.6) is 0 Å². The molecule has 5 nitrogen and oxygen atoms in total. The van der Waals surface area contributed by atoms with Gasteiger partial charge in [0.1, 0.15) is 5.82 Å². The Morgan fingerprint density at radius 3 is 2.44 bits per heavy atom. The van der Waals surface area contributed by atoms with Crippen LogP contribution in [0.15, 0.2) is 54.7 Å². The third kappa shape index (κ3) is 5.21. The Kier molecular flexibility index (Phi) is 5.88. The molecule has 0 radical (unpaired) electrons. The maximum absolute atomic E-state index is 11.2. The maximum Gasteiger partial charge on any atom is 0.404 e. The van der Waals surface area contributed by atoms with E-state index in [2.05, 4.69) is 27.8 Å². The minimum atomic E-state index is -0.935. The first-order chi connectivity index (χ1) is 12.2. The fraction of sp³-hybridized carbons (Fsp3) is 0.400. The summed E-state index contributed by atoms with van der Waals surface area (Å²) in [6.07, 6.45) is 5.71. The lowest BCUT2D eigenvalue weighted by atomic mass is 9.79. The predicted molar refractivity (Wildman–Crippen MR) is 98.7 cm³/mol. The van der Waals surface area contributed by atoms with Gasteiger partial charge in [0.25, 0.3) is 0 Å². The van der Waals surface area contributed by atoms with Crippen molar-refractivity contribution in [1.29, 1.82) is 0 Å². The summed E-state index contributed by atoms with van der Waals surface area (Å²) >= 11 is 0. The van der Waals surface area contributed by atoms with Gasteiger partial charge in [0.05, 0.1) is 0 Å². The van der Waals surface area contributed by atoms with Crippen molar-refractivity contribution in [3.8, 4) is 0 Å². The molecule has 2 aromatic rings. The first kappa shape index (κ1) is 17.3. The molecule has 1 saturated carbocycles. The molecule has 1 aliphatic rings. The second-order valence-corrected chi connectivity index (χ2v) is 6.72. The number of aromatic nitrogens is 1. The summed E-state index contributed by atoms with van der Waals surface area (Å²) in [5.74, 6) is 1.29. The number of nitrogens with one attached hydrogen (secondary N) is 2. The highest BCUT2D eigenvalue weighted by atomic mass is 16.4. The molecular weight excluding hydrogens is 314 g/mol. The second-order valence-electron chi connectivity index (χ2n) is 6.72. The van der Waals surface area contributed by atoms with Crippen molar-refractivity contribution < 1.29 is 9.90 Å². The van der Waals surface area contributed by atoms with E-state index >= 15 is 0 Å². The van der Waals surface area contributed by atoms with Crippen LogP contribution in [0.4, 0.5) is 10.6 Å². The highest BCUT2D eigenvalue weighted by Crippen LogP contribution is 2.30. The van der Waals surface area contributed by atoms with E-state index in [4.69, 9.17) is 0 Å². The summed E-state index contributed by atoms with van der Waals surface area (Å²) in [5, 5.41) is 15.4. The average Bonchev–Trinajstić information content (AvgIpc) is 2.63. The molecule has 1 aromatic carbocycles. The SMILES string of the molecule is O=C(O)NC(Cc1ccccc1)C1CCC(Nc2ccccn2)CC1. The zero-order chi connectivity index (χ0) is 17.5. The minimum absolute atomic E-state index is 0.0318. The number of nitrogens with zero attached hydrogens (tertiary/aromatic N) is 1. The van der Waals surface area contributed by atoms with Crippen molar-refractivity contribution >= 4 is 11.9 Å². The van der Waals surface area contributed by atoms with E-state index in [9.17, 15) is 9.90 Å². The van der Waals surface area contributed by atoms with Gasteiger partial charge in [0, 0.05) is 18.3 Å². The van der Waals surface area contributed by atoms with E-state index in [0.29, 0.717) is 12.0 Å². The molecule has 3 N–H and O–H groups in total. The number of benzene rings is 1. The van der Waals surface area contributed by atoms with E-state index in [0.717, 1.165) is 37.9 Å². The van der Waals surface area contributed by atoms with E-state index in [1.165, 1.54) is 5.56 Å². The third-order valence-electron chi connectivity index (χ3n) is 4.97. The molecule has 1 fully saturated rings. The van der Waals surface area contributed by atoms with Crippen molar-refractivity contribution in [3.63, 3.8) is 0 Å². The summed E-state index contributed by atoms with van der Waals surface area (Å²) in [7, 11) is 0. The Hall–Kier alpha value is -2.56. The number of carboxylic acid groups (broad SMARTS) is 1. The van der Waals surface area contributed by atoms with E-state index < -0.39 is 6.09 Å². The molecule has 1 amide bonds. The smallest absolute Gasteiger partial charge is 0.404 e. The van der Waals surface area contributed by atoms with Crippen LogP contribution >= 0.6 is 0 Å². The number of carbonyl (C=O) groups is 1. The minimum Gasteiger partial charge on any atom is -0.465 e. The number of hydrogen-bond acceptors (Lipinski definition) is 3. The molecule has 1 aliphatic carbocycles. The fourth-order valence-corrected chi connectivity index (χ4v) is 3.69. The van der Waals surface area contributed by atoms with Crippen LogP contribution in [-0.4, -0.2) is 28.3 Å². The van der Waals surface area contributed by atoms with E-state index in [1.54, 1.807) is 6.20 Å². The Balaban J connectivity index is 1.57. The lowest BCUT2D eigenvalue weighted by molar-refractivity contribution is 0.177. The first-order valence-electron chi connectivity index (χ1n) is 8.91. The monoisotopic (exact) mass is 339 g/mol. The lowest BCUT2D eigenvalue weighted by Gasteiger charge is -2.34. The van der Waals surface area contributed by atoms with Crippen LogP contribution in [0, 0.1) is 5.92 Å². The molecule has 25 heavy (non-hydrogen) atoms. The summed E-state index contributed by atoms with van der Waals surface area (Å²) in [6, 6.07) is 16.4. The van der Waals surface area contributed by atoms with Crippen molar-refractivity contribution in [2.24, 2.45) is 5.92 Å². The van der Waals surface area contributed by atoms with Crippen LogP contribution in [-0.2, 0) is 6.42 Å². The van der Waals surface area contributed by atoms with Crippen molar-refractivity contribution in [2.45, 2.75) is 44.2 Å². The molecule has 132 valence electrons. The van der Waals surface area contributed by atoms with Gasteiger partial charge < -0.3 is 15.7 Å². The van der Waals surface area contributed by atoms with Gasteiger partial charge >= 0.3 is 6.09 Å². The zero-order valence-electron chi connectivity index (χ0n) is 14.3. The van der Waals surface area contributed by atoms with Gasteiger partial charge in [-0.2, -0.15) is 0 Å². The summed E-state index contributed by atoms with van der Waals surface area (Å²) in [6.45, 7) is 0. The Bertz CT molecular complexity index is 655. The third-order valence-corrected chi connectivity index (χ3v) is 4.97. The molecule has 1 unspecified atom stereocenters. The van der Waals surface area contributed by atoms with Gasteiger partial charge in [0.2, 0.25) is 0 Å². The number of pyridine rings is 1. The van der Waals surface area contributed by atoms with E-state index in [1.807, 2.05) is 36.4 Å². The van der Waals surface area contributed by atoms with Crippen molar-refractivity contribution in [3.05, 3.63) is 60.3 Å². The molecule has 0 saturated heterocycles. The molecule has 1 heterocycles. The van der Waals surface area contributed by atoms with Gasteiger partial charge in [-0.15, -0.1) is 0 Å². The molecule has 1 aromatic heterocycles. The van der Waals surface area contributed by atoms with Crippen molar-refractivity contribution in [1.82, 2.24) is 10.3 Å². The Morgan fingerprint density at radius 2 is 1.80 bits per heavy atom. The highest BCUT2D eigenvalue weighted by Gasteiger charge is 2.28. The molecule has 0 spiro atoms. The average molecular weight is 339 g/mol. The largest absolute Gasteiger partial charge is 0.465 e. The van der Waals surface area contributed by atoms with Gasteiger partial charge in [-0.3, -0.25) is 0 Å². The summed E-state index contributed by atoms with van der Waals surface area (Å²) in [4.78, 5) is 15.5.